The number of anilines is 1. The van der Waals surface area contributed by atoms with E-state index in [1.54, 1.807) is 26.2 Å². The molecule has 0 spiro atoms. The highest BCUT2D eigenvalue weighted by molar-refractivity contribution is 6.07. The number of carbonyl (C=O) groups is 1. The van der Waals surface area contributed by atoms with Gasteiger partial charge in [0.2, 0.25) is 0 Å². The molecule has 5 rings (SSSR count). The monoisotopic (exact) mass is 574 g/mol. The van der Waals surface area contributed by atoms with E-state index in [1.165, 1.54) is 31.6 Å². The first kappa shape index (κ1) is 28.7. The molecule has 3 aromatic heterocycles. The maximum absolute atomic E-state index is 15.2. The summed E-state index contributed by atoms with van der Waals surface area (Å²) in [5.74, 6) is -0.699. The van der Waals surface area contributed by atoms with Crippen LogP contribution in [0.5, 0.6) is 28.9 Å². The minimum Gasteiger partial charge on any atom is -0.506 e. The van der Waals surface area contributed by atoms with Crippen molar-refractivity contribution in [2.75, 3.05) is 32.8 Å². The molecular formula is C31H31FN4O6. The van der Waals surface area contributed by atoms with Crippen LogP contribution in [0.2, 0.25) is 0 Å². The van der Waals surface area contributed by atoms with Crippen LogP contribution in [-0.2, 0) is 4.74 Å². The lowest BCUT2D eigenvalue weighted by atomic mass is 9.91. The van der Waals surface area contributed by atoms with Gasteiger partial charge < -0.3 is 29.4 Å². The van der Waals surface area contributed by atoms with Crippen LogP contribution in [0.15, 0.2) is 48.8 Å². The molecule has 42 heavy (non-hydrogen) atoms. The second-order valence-electron chi connectivity index (χ2n) is 9.67. The summed E-state index contributed by atoms with van der Waals surface area (Å²) in [7, 11) is 3.03. The van der Waals surface area contributed by atoms with E-state index in [0.29, 0.717) is 41.3 Å². The predicted octanol–water partition coefficient (Wildman–Crippen LogP) is 6.21. The number of aromatic hydroxyl groups is 1. The van der Waals surface area contributed by atoms with Crippen molar-refractivity contribution in [1.29, 1.82) is 0 Å². The fourth-order valence-corrected chi connectivity index (χ4v) is 4.77. The van der Waals surface area contributed by atoms with Gasteiger partial charge in [-0.3, -0.25) is 14.8 Å². The molecule has 1 aliphatic rings. The lowest BCUT2D eigenvalue weighted by molar-refractivity contribution is 0.102. The topological polar surface area (TPSA) is 125 Å². The quantitative estimate of drug-likeness (QED) is 0.213. The van der Waals surface area contributed by atoms with E-state index >= 15 is 4.39 Å². The first-order chi connectivity index (χ1) is 20.4. The Kier molecular flexibility index (Phi) is 8.77. The number of aromatic nitrogens is 3. The van der Waals surface area contributed by atoms with Gasteiger partial charge in [0.05, 0.1) is 19.2 Å². The molecule has 0 atom stereocenters. The van der Waals surface area contributed by atoms with Gasteiger partial charge in [0.25, 0.3) is 11.8 Å². The number of amides is 1. The number of carbonyl (C=O) groups excluding carboxylic acids is 1. The van der Waals surface area contributed by atoms with Gasteiger partial charge in [0, 0.05) is 54.6 Å². The third-order valence-electron chi connectivity index (χ3n) is 6.85. The molecule has 0 bridgehead atoms. The molecule has 0 fully saturated rings. The Morgan fingerprint density at radius 1 is 1.07 bits per heavy atom. The van der Waals surface area contributed by atoms with Crippen molar-refractivity contribution in [3.63, 3.8) is 0 Å². The van der Waals surface area contributed by atoms with Crippen LogP contribution in [-0.4, -0.2) is 53.4 Å². The Bertz CT molecular complexity index is 1660. The fraction of sp³-hybridized carbons (Fsp3) is 0.290. The molecule has 0 saturated carbocycles. The van der Waals surface area contributed by atoms with Gasteiger partial charge in [-0.15, -0.1) is 0 Å². The molecule has 0 aliphatic heterocycles. The first-order valence-electron chi connectivity index (χ1n) is 13.5. The predicted molar refractivity (Wildman–Crippen MR) is 155 cm³/mol. The Morgan fingerprint density at radius 2 is 1.93 bits per heavy atom. The number of hydrogen-bond donors (Lipinski definition) is 2. The van der Waals surface area contributed by atoms with Gasteiger partial charge in [-0.2, -0.15) is 0 Å². The number of nitrogens with one attached hydrogen (secondary N) is 1. The zero-order valence-corrected chi connectivity index (χ0v) is 23.6. The smallest absolute Gasteiger partial charge is 0.261 e. The molecule has 3 heterocycles. The Balaban J connectivity index is 1.36. The van der Waals surface area contributed by atoms with Crippen molar-refractivity contribution in [2.24, 2.45) is 0 Å². The molecule has 4 aromatic rings. The summed E-state index contributed by atoms with van der Waals surface area (Å²) < 4.78 is 37.1. The highest BCUT2D eigenvalue weighted by Crippen LogP contribution is 2.37. The summed E-state index contributed by atoms with van der Waals surface area (Å²) >= 11 is 0. The summed E-state index contributed by atoms with van der Waals surface area (Å²) in [5.41, 5.74) is 3.21. The van der Waals surface area contributed by atoms with E-state index in [0.717, 1.165) is 37.3 Å². The van der Waals surface area contributed by atoms with E-state index in [-0.39, 0.29) is 34.4 Å². The van der Waals surface area contributed by atoms with Crippen molar-refractivity contribution in [1.82, 2.24) is 15.0 Å². The van der Waals surface area contributed by atoms with E-state index in [1.807, 2.05) is 0 Å². The molecule has 1 amide bonds. The minimum atomic E-state index is -0.719. The highest BCUT2D eigenvalue weighted by Gasteiger charge is 2.22. The SMILES string of the molecule is COCCOc1cc2nccc(Oc3ccc(NC(=O)c4cnc(C)c(C5=CCCCC5)c4O)cc3F)c2nc1OC. The standard InChI is InChI=1S/C31H31FN4O6/c1-18-27(19-7-5-4-6-8-19)29(37)21(17-34-18)30(38)35-20-9-10-24(22(32)15-20)42-25-11-12-33-23-16-26(41-14-13-39-2)31(40-3)36-28(23)25/h7,9-12,15-17H,4-6,8,13-14H2,1-3H3,(H,34,37)(H,35,38). The van der Waals surface area contributed by atoms with Gasteiger partial charge in [-0.1, -0.05) is 6.08 Å². The maximum atomic E-state index is 15.2. The van der Waals surface area contributed by atoms with Crippen LogP contribution in [0.1, 0.15) is 47.3 Å². The summed E-state index contributed by atoms with van der Waals surface area (Å²) in [6, 6.07) is 7.24. The number of nitrogens with zero attached hydrogens (tertiary/aromatic N) is 3. The minimum absolute atomic E-state index is 0.0108. The number of fused-ring (bicyclic) bond motifs is 1. The average Bonchev–Trinajstić information content (AvgIpc) is 2.99. The van der Waals surface area contributed by atoms with E-state index in [9.17, 15) is 9.90 Å². The van der Waals surface area contributed by atoms with E-state index in [2.05, 4.69) is 26.3 Å². The molecule has 1 aromatic carbocycles. The van der Waals surface area contributed by atoms with Crippen molar-refractivity contribution in [3.8, 4) is 28.9 Å². The van der Waals surface area contributed by atoms with Crippen LogP contribution in [0.25, 0.3) is 16.6 Å². The number of halogens is 1. The normalized spacial score (nSPS) is 13.0. The molecule has 2 N–H and O–H groups in total. The van der Waals surface area contributed by atoms with Crippen LogP contribution in [0.3, 0.4) is 0 Å². The van der Waals surface area contributed by atoms with Crippen LogP contribution in [0, 0.1) is 12.7 Å². The second-order valence-corrected chi connectivity index (χ2v) is 9.67. The van der Waals surface area contributed by atoms with Gasteiger partial charge in [0.15, 0.2) is 23.1 Å². The van der Waals surface area contributed by atoms with Crippen molar-refractivity contribution < 1.29 is 33.2 Å². The lowest BCUT2D eigenvalue weighted by Gasteiger charge is -2.18. The fourth-order valence-electron chi connectivity index (χ4n) is 4.77. The number of pyridine rings is 3. The maximum Gasteiger partial charge on any atom is 0.261 e. The third kappa shape index (κ3) is 6.10. The van der Waals surface area contributed by atoms with Crippen LogP contribution < -0.4 is 19.5 Å². The number of rotatable bonds is 10. The number of methoxy groups -OCH3 is 2. The molecule has 0 radical (unpaired) electrons. The third-order valence-corrected chi connectivity index (χ3v) is 6.85. The molecular weight excluding hydrogens is 543 g/mol. The number of hydrogen-bond acceptors (Lipinski definition) is 9. The highest BCUT2D eigenvalue weighted by atomic mass is 19.1. The Morgan fingerprint density at radius 3 is 2.67 bits per heavy atom. The Hall–Kier alpha value is -4.77. The molecule has 1 aliphatic carbocycles. The average molecular weight is 575 g/mol. The lowest BCUT2D eigenvalue weighted by Crippen LogP contribution is -2.14. The molecule has 11 heteroatoms. The molecule has 0 unspecified atom stereocenters. The van der Waals surface area contributed by atoms with E-state index < -0.39 is 11.7 Å². The van der Waals surface area contributed by atoms with E-state index in [4.69, 9.17) is 18.9 Å². The summed E-state index contributed by atoms with van der Waals surface area (Å²) in [6.45, 7) is 2.48. The second kappa shape index (κ2) is 12.8. The number of allylic oxidation sites excluding steroid dienone is 2. The van der Waals surface area contributed by atoms with Crippen molar-refractivity contribution in [3.05, 3.63) is 71.4 Å². The van der Waals surface area contributed by atoms with Gasteiger partial charge >= 0.3 is 0 Å². The summed E-state index contributed by atoms with van der Waals surface area (Å²) in [5, 5.41) is 13.6. The van der Waals surface area contributed by atoms with Gasteiger partial charge in [0.1, 0.15) is 23.4 Å². The number of benzene rings is 1. The largest absolute Gasteiger partial charge is 0.506 e. The van der Waals surface area contributed by atoms with Crippen LogP contribution in [0.4, 0.5) is 10.1 Å². The first-order valence-corrected chi connectivity index (χ1v) is 13.5. The molecule has 218 valence electrons. The van der Waals surface area contributed by atoms with Gasteiger partial charge in [-0.05, 0) is 50.3 Å². The Labute approximate surface area is 242 Å². The van der Waals surface area contributed by atoms with Crippen molar-refractivity contribution >= 4 is 28.2 Å². The number of ether oxygens (including phenoxy) is 4. The molecule has 10 nitrogen and oxygen atoms in total. The summed E-state index contributed by atoms with van der Waals surface area (Å²) in [6.07, 6.45) is 8.75. The zero-order valence-electron chi connectivity index (χ0n) is 23.6. The van der Waals surface area contributed by atoms with Crippen molar-refractivity contribution in [2.45, 2.75) is 32.6 Å². The molecule has 0 saturated heterocycles. The van der Waals surface area contributed by atoms with Gasteiger partial charge in [-0.25, -0.2) is 9.37 Å². The van der Waals surface area contributed by atoms with Crippen LogP contribution >= 0.6 is 0 Å². The number of aryl methyl sites for hydroxylation is 1. The zero-order chi connectivity index (χ0) is 29.6. The summed E-state index contributed by atoms with van der Waals surface area (Å²) in [4.78, 5) is 26.2.